The van der Waals surface area contributed by atoms with Gasteiger partial charge in [0, 0.05) is 98.2 Å². The lowest BCUT2D eigenvalue weighted by atomic mass is 9.98. The maximum absolute atomic E-state index is 12.3. The van der Waals surface area contributed by atoms with Crippen molar-refractivity contribution >= 4 is 17.2 Å². The predicted molar refractivity (Wildman–Crippen MR) is 243 cm³/mol. The van der Waals surface area contributed by atoms with Crippen molar-refractivity contribution in [3.8, 4) is 0 Å². The van der Waals surface area contributed by atoms with Crippen molar-refractivity contribution < 1.29 is 9.53 Å². The van der Waals surface area contributed by atoms with Gasteiger partial charge in [0.1, 0.15) is 5.60 Å². The Balaban J connectivity index is 0.000000184. The van der Waals surface area contributed by atoms with Crippen LogP contribution in [0.3, 0.4) is 0 Å². The van der Waals surface area contributed by atoms with E-state index in [-0.39, 0.29) is 6.09 Å². The summed E-state index contributed by atoms with van der Waals surface area (Å²) in [7, 11) is 0. The Kier molecular flexibility index (Phi) is 15.2. The van der Waals surface area contributed by atoms with E-state index in [1.165, 1.54) is 44.5 Å². The van der Waals surface area contributed by atoms with Gasteiger partial charge in [-0.1, -0.05) is 121 Å². The van der Waals surface area contributed by atoms with Crippen molar-refractivity contribution in [1.29, 1.82) is 0 Å². The molecule has 0 bridgehead atoms. The smallest absolute Gasteiger partial charge is 0.410 e. The van der Waals surface area contributed by atoms with Crippen molar-refractivity contribution in [3.63, 3.8) is 0 Å². The molecule has 2 fully saturated rings. The monoisotopic (exact) mass is 795 g/mol. The maximum Gasteiger partial charge on any atom is 0.410 e. The third kappa shape index (κ3) is 13.5. The molecule has 1 amide bonds. The molecule has 0 unspecified atom stereocenters. The SMILES string of the molecule is C1=C(c2ccc(CN3CCN(Cc4ccccc4)CC3)cc2)CCNC1.CC(C)(C)OC(=O)N1CC=C(c2ccc(CN3CCN(Cc4ccccc4)CC3)cc2)CC1. The molecule has 0 radical (unpaired) electrons. The average Bonchev–Trinajstić information content (AvgIpc) is 3.26. The zero-order chi connectivity index (χ0) is 40.9. The molecule has 4 heterocycles. The largest absolute Gasteiger partial charge is 0.444 e. The second kappa shape index (κ2) is 21.1. The number of nitrogens with one attached hydrogen (secondary N) is 1. The van der Waals surface area contributed by atoms with Crippen LogP contribution in [0.2, 0.25) is 0 Å². The number of nitrogens with zero attached hydrogens (tertiary/aromatic N) is 5. The van der Waals surface area contributed by atoms with Crippen LogP contribution < -0.4 is 5.32 Å². The van der Waals surface area contributed by atoms with Gasteiger partial charge < -0.3 is 15.0 Å². The molecule has 4 aliphatic rings. The molecule has 59 heavy (non-hydrogen) atoms. The van der Waals surface area contributed by atoms with Gasteiger partial charge in [-0.05, 0) is 84.7 Å². The number of carbonyl (C=O) groups is 1. The van der Waals surface area contributed by atoms with Crippen molar-refractivity contribution in [1.82, 2.24) is 29.8 Å². The third-order valence-electron chi connectivity index (χ3n) is 11.8. The van der Waals surface area contributed by atoms with E-state index in [2.05, 4.69) is 146 Å². The Labute approximate surface area is 354 Å². The summed E-state index contributed by atoms with van der Waals surface area (Å²) in [5, 5.41) is 3.38. The van der Waals surface area contributed by atoms with Crippen LogP contribution in [0.5, 0.6) is 0 Å². The Morgan fingerprint density at radius 1 is 0.525 bits per heavy atom. The second-order valence-corrected chi connectivity index (χ2v) is 17.6. The Morgan fingerprint density at radius 2 is 0.932 bits per heavy atom. The summed E-state index contributed by atoms with van der Waals surface area (Å²) in [5.41, 5.74) is 10.6. The van der Waals surface area contributed by atoms with Crippen molar-refractivity contribution in [2.75, 3.05) is 78.5 Å². The highest BCUT2D eigenvalue weighted by Gasteiger charge is 2.24. The van der Waals surface area contributed by atoms with Gasteiger partial charge in [0.15, 0.2) is 0 Å². The van der Waals surface area contributed by atoms with E-state index in [0.717, 1.165) is 104 Å². The van der Waals surface area contributed by atoms with Crippen LogP contribution in [0.15, 0.2) is 121 Å². The zero-order valence-electron chi connectivity index (χ0n) is 35.8. The van der Waals surface area contributed by atoms with E-state index >= 15 is 0 Å². The van der Waals surface area contributed by atoms with Crippen LogP contribution in [0, 0.1) is 0 Å². The number of rotatable bonds is 10. The average molecular weight is 795 g/mol. The lowest BCUT2D eigenvalue weighted by molar-refractivity contribution is 0.0270. The number of hydrogen-bond acceptors (Lipinski definition) is 7. The van der Waals surface area contributed by atoms with Crippen LogP contribution in [0.25, 0.3) is 11.1 Å². The number of amides is 1. The van der Waals surface area contributed by atoms with Crippen molar-refractivity contribution in [2.24, 2.45) is 0 Å². The first-order valence-corrected chi connectivity index (χ1v) is 21.9. The summed E-state index contributed by atoms with van der Waals surface area (Å²) < 4.78 is 5.49. The van der Waals surface area contributed by atoms with Gasteiger partial charge >= 0.3 is 6.09 Å². The zero-order valence-corrected chi connectivity index (χ0v) is 35.8. The lowest BCUT2D eigenvalue weighted by Gasteiger charge is -2.34. The Hall–Kier alpha value is -4.57. The number of hydrogen-bond donors (Lipinski definition) is 1. The summed E-state index contributed by atoms with van der Waals surface area (Å²) in [4.78, 5) is 24.3. The third-order valence-corrected chi connectivity index (χ3v) is 11.8. The molecule has 8 nitrogen and oxygen atoms in total. The highest BCUT2D eigenvalue weighted by Crippen LogP contribution is 2.25. The first-order valence-electron chi connectivity index (χ1n) is 21.9. The molecule has 0 saturated carbocycles. The molecular formula is C51H66N6O2. The maximum atomic E-state index is 12.3. The molecule has 8 heteroatoms. The molecule has 1 N–H and O–H groups in total. The standard InChI is InChI=1S/C28H37N3O2.C23H29N3/c1-28(2,3)33-27(32)31-15-13-26(14-16-31)25-11-9-24(10-12-25)22-30-19-17-29(18-20-30)21-23-7-5-4-6-8-23;1-2-4-20(5-3-1)18-25-14-16-26(17-15-25)19-21-6-8-22(9-7-21)23-10-12-24-13-11-23/h4-13H,14-22H2,1-3H3;1-10,24H,11-19H2. The fourth-order valence-corrected chi connectivity index (χ4v) is 8.37. The minimum absolute atomic E-state index is 0.225. The Bertz CT molecular complexity index is 1940. The van der Waals surface area contributed by atoms with Gasteiger partial charge in [-0.2, -0.15) is 0 Å². The highest BCUT2D eigenvalue weighted by atomic mass is 16.6. The fourth-order valence-electron chi connectivity index (χ4n) is 8.37. The van der Waals surface area contributed by atoms with Gasteiger partial charge in [0.05, 0.1) is 0 Å². The minimum atomic E-state index is -0.453. The molecule has 4 aliphatic heterocycles. The Morgan fingerprint density at radius 3 is 1.29 bits per heavy atom. The molecular weight excluding hydrogens is 729 g/mol. The lowest BCUT2D eigenvalue weighted by Crippen LogP contribution is -2.45. The van der Waals surface area contributed by atoms with Gasteiger partial charge in [0.2, 0.25) is 0 Å². The molecule has 8 rings (SSSR count). The molecule has 0 aromatic heterocycles. The molecule has 0 spiro atoms. The summed E-state index contributed by atoms with van der Waals surface area (Å²) in [6.45, 7) is 22.4. The first-order chi connectivity index (χ1) is 28.7. The minimum Gasteiger partial charge on any atom is -0.444 e. The van der Waals surface area contributed by atoms with Gasteiger partial charge in [0.25, 0.3) is 0 Å². The molecule has 312 valence electrons. The normalized spacial score (nSPS) is 18.7. The highest BCUT2D eigenvalue weighted by molar-refractivity contribution is 5.73. The van der Waals surface area contributed by atoms with E-state index in [9.17, 15) is 4.79 Å². The fraction of sp³-hybridized carbons (Fsp3) is 0.431. The van der Waals surface area contributed by atoms with Gasteiger partial charge in [-0.3, -0.25) is 19.6 Å². The van der Waals surface area contributed by atoms with Gasteiger partial charge in [-0.15, -0.1) is 0 Å². The van der Waals surface area contributed by atoms with E-state index in [4.69, 9.17) is 4.74 Å². The number of piperazine rings is 2. The second-order valence-electron chi connectivity index (χ2n) is 17.6. The van der Waals surface area contributed by atoms with Crippen molar-refractivity contribution in [3.05, 3.63) is 155 Å². The summed E-state index contributed by atoms with van der Waals surface area (Å²) >= 11 is 0. The summed E-state index contributed by atoms with van der Waals surface area (Å²) in [5.74, 6) is 0. The van der Waals surface area contributed by atoms with Crippen LogP contribution in [-0.4, -0.2) is 115 Å². The van der Waals surface area contributed by atoms with Crippen LogP contribution in [0.4, 0.5) is 4.79 Å². The van der Waals surface area contributed by atoms with E-state index in [1.807, 2.05) is 20.8 Å². The summed E-state index contributed by atoms with van der Waals surface area (Å²) in [6.07, 6.45) is 6.26. The topological polar surface area (TPSA) is 54.5 Å². The molecule has 0 atom stereocenters. The number of ether oxygens (including phenoxy) is 1. The number of carbonyl (C=O) groups excluding carboxylic acids is 1. The molecule has 2 saturated heterocycles. The van der Waals surface area contributed by atoms with Crippen molar-refractivity contribution in [2.45, 2.75) is 65.4 Å². The van der Waals surface area contributed by atoms with Crippen LogP contribution in [-0.2, 0) is 30.9 Å². The van der Waals surface area contributed by atoms with E-state index in [0.29, 0.717) is 13.1 Å². The molecule has 0 aliphatic carbocycles. The molecule has 4 aromatic rings. The quantitative estimate of drug-likeness (QED) is 0.173. The van der Waals surface area contributed by atoms with E-state index < -0.39 is 5.60 Å². The van der Waals surface area contributed by atoms with Crippen LogP contribution >= 0.6 is 0 Å². The summed E-state index contributed by atoms with van der Waals surface area (Å²) in [6, 6.07) is 39.8. The van der Waals surface area contributed by atoms with Crippen LogP contribution in [0.1, 0.15) is 67.0 Å². The first kappa shape index (κ1) is 42.6. The predicted octanol–water partition coefficient (Wildman–Crippen LogP) is 8.41. The molecule has 4 aromatic carbocycles. The number of benzene rings is 4. The van der Waals surface area contributed by atoms with E-state index in [1.54, 1.807) is 4.90 Å². The van der Waals surface area contributed by atoms with Gasteiger partial charge in [-0.25, -0.2) is 4.79 Å².